The fourth-order valence-electron chi connectivity index (χ4n) is 3.14. The number of rotatable bonds is 3. The summed E-state index contributed by atoms with van der Waals surface area (Å²) in [6.07, 6.45) is 0. The monoisotopic (exact) mass is 343 g/mol. The number of imide groups is 1. The Hall–Kier alpha value is -3.40. The smallest absolute Gasteiger partial charge is 0.269 e. The van der Waals surface area contributed by atoms with Gasteiger partial charge in [-0.25, -0.2) is 4.90 Å². The number of fused-ring (bicyclic) bond motifs is 1. The molecule has 128 valence electrons. The predicted octanol–water partition coefficient (Wildman–Crippen LogP) is 4.90. The largest absolute Gasteiger partial charge is 0.456 e. The molecule has 1 aliphatic rings. The number of ether oxygens (including phenoxy) is 1. The van der Waals surface area contributed by atoms with Gasteiger partial charge < -0.3 is 4.74 Å². The van der Waals surface area contributed by atoms with E-state index in [9.17, 15) is 9.59 Å². The fourth-order valence-corrected chi connectivity index (χ4v) is 3.14. The maximum atomic E-state index is 13.1. The maximum absolute atomic E-state index is 13.1. The predicted molar refractivity (Wildman–Crippen MR) is 100 cm³/mol. The second kappa shape index (κ2) is 6.15. The molecule has 0 fully saturated rings. The normalized spacial score (nSPS) is 13.1. The van der Waals surface area contributed by atoms with E-state index in [1.807, 2.05) is 50.2 Å². The van der Waals surface area contributed by atoms with Crippen LogP contribution in [0.15, 0.2) is 66.7 Å². The molecular weight excluding hydrogens is 326 g/mol. The molecule has 0 saturated carbocycles. The van der Waals surface area contributed by atoms with Crippen molar-refractivity contribution in [3.8, 4) is 11.5 Å². The minimum absolute atomic E-state index is 0.322. The summed E-state index contributed by atoms with van der Waals surface area (Å²) in [5.74, 6) is 0.396. The van der Waals surface area contributed by atoms with Gasteiger partial charge in [-0.05, 0) is 55.3 Å². The topological polar surface area (TPSA) is 46.6 Å². The number of para-hydroxylation sites is 2. The Bertz CT molecular complexity index is 1010. The lowest BCUT2D eigenvalue weighted by Crippen LogP contribution is -2.29. The highest BCUT2D eigenvalue weighted by Crippen LogP contribution is 2.39. The van der Waals surface area contributed by atoms with Crippen LogP contribution >= 0.6 is 0 Å². The Morgan fingerprint density at radius 3 is 2.08 bits per heavy atom. The maximum Gasteiger partial charge on any atom is 0.269 e. The molecule has 0 unspecified atom stereocenters. The van der Waals surface area contributed by atoms with Crippen molar-refractivity contribution < 1.29 is 14.3 Å². The molecule has 3 aromatic carbocycles. The lowest BCUT2D eigenvalue weighted by atomic mass is 9.99. The van der Waals surface area contributed by atoms with Gasteiger partial charge in [0.1, 0.15) is 11.5 Å². The zero-order chi connectivity index (χ0) is 18.3. The van der Waals surface area contributed by atoms with Gasteiger partial charge >= 0.3 is 0 Å². The molecule has 3 aromatic rings. The second-order valence-electron chi connectivity index (χ2n) is 6.27. The molecule has 0 spiro atoms. The third kappa shape index (κ3) is 2.47. The van der Waals surface area contributed by atoms with Gasteiger partial charge in [0.05, 0.1) is 16.8 Å². The van der Waals surface area contributed by atoms with Crippen molar-refractivity contribution in [3.63, 3.8) is 0 Å². The van der Waals surface area contributed by atoms with Crippen molar-refractivity contribution in [2.75, 3.05) is 4.90 Å². The highest BCUT2D eigenvalue weighted by molar-refractivity contribution is 6.35. The van der Waals surface area contributed by atoms with Gasteiger partial charge in [-0.1, -0.05) is 36.4 Å². The number of nitrogens with zero attached hydrogens (tertiary/aromatic N) is 1. The van der Waals surface area contributed by atoms with E-state index in [2.05, 4.69) is 0 Å². The molecule has 1 heterocycles. The molecular formula is C22H17NO3. The van der Waals surface area contributed by atoms with Crippen molar-refractivity contribution in [2.24, 2.45) is 0 Å². The third-order valence-electron chi connectivity index (χ3n) is 4.62. The average molecular weight is 343 g/mol. The molecule has 0 aliphatic carbocycles. The van der Waals surface area contributed by atoms with E-state index < -0.39 is 0 Å². The molecule has 1 aliphatic heterocycles. The molecule has 0 radical (unpaired) electrons. The molecule has 4 heteroatoms. The number of carbonyl (C=O) groups excluding carboxylic acids is 2. The second-order valence-corrected chi connectivity index (χ2v) is 6.27. The zero-order valence-electron chi connectivity index (χ0n) is 14.5. The molecule has 4 nitrogen and oxygen atoms in total. The minimum atomic E-state index is -0.356. The fraction of sp³-hybridized carbons (Fsp3) is 0.0909. The summed E-state index contributed by atoms with van der Waals surface area (Å²) in [5.41, 5.74) is 3.02. The quantitative estimate of drug-likeness (QED) is 0.636. The van der Waals surface area contributed by atoms with Crippen molar-refractivity contribution >= 4 is 17.5 Å². The summed E-state index contributed by atoms with van der Waals surface area (Å²) < 4.78 is 6.04. The Kier molecular flexibility index (Phi) is 3.81. The Morgan fingerprint density at radius 2 is 1.42 bits per heavy atom. The molecule has 26 heavy (non-hydrogen) atoms. The van der Waals surface area contributed by atoms with Crippen LogP contribution < -0.4 is 9.64 Å². The van der Waals surface area contributed by atoms with E-state index in [1.54, 1.807) is 30.3 Å². The standard InChI is InChI=1S/C22H17NO3/c1-14-13-18-19(20(15(14)2)26-17-11-7-4-8-12-17)22(25)23(21(18)24)16-9-5-3-6-10-16/h3-13H,1-2H3. The van der Waals surface area contributed by atoms with Crippen molar-refractivity contribution in [1.82, 2.24) is 0 Å². The summed E-state index contributed by atoms with van der Waals surface area (Å²) in [6.45, 7) is 3.81. The first-order valence-electron chi connectivity index (χ1n) is 8.39. The van der Waals surface area contributed by atoms with Gasteiger partial charge in [0.15, 0.2) is 0 Å². The van der Waals surface area contributed by atoms with E-state index in [4.69, 9.17) is 4.74 Å². The first kappa shape index (κ1) is 16.1. The Labute approximate surface area is 151 Å². The van der Waals surface area contributed by atoms with E-state index in [1.165, 1.54) is 4.90 Å². The lowest BCUT2D eigenvalue weighted by Gasteiger charge is -2.15. The highest BCUT2D eigenvalue weighted by atomic mass is 16.5. The number of anilines is 1. The molecule has 0 bridgehead atoms. The van der Waals surface area contributed by atoms with Crippen molar-refractivity contribution in [2.45, 2.75) is 13.8 Å². The van der Waals surface area contributed by atoms with Crippen LogP contribution in [-0.4, -0.2) is 11.8 Å². The highest BCUT2D eigenvalue weighted by Gasteiger charge is 2.40. The summed E-state index contributed by atoms with van der Waals surface area (Å²) in [7, 11) is 0. The van der Waals surface area contributed by atoms with Gasteiger partial charge in [0, 0.05) is 0 Å². The number of amides is 2. The van der Waals surface area contributed by atoms with E-state index in [0.717, 1.165) is 11.1 Å². The van der Waals surface area contributed by atoms with Crippen LogP contribution in [-0.2, 0) is 0 Å². The van der Waals surface area contributed by atoms with Gasteiger partial charge in [-0.2, -0.15) is 0 Å². The first-order valence-corrected chi connectivity index (χ1v) is 8.39. The van der Waals surface area contributed by atoms with Crippen molar-refractivity contribution in [1.29, 1.82) is 0 Å². The number of hydrogen-bond donors (Lipinski definition) is 0. The molecule has 0 N–H and O–H groups in total. The van der Waals surface area contributed by atoms with Gasteiger partial charge in [-0.3, -0.25) is 9.59 Å². The van der Waals surface area contributed by atoms with Crippen LogP contribution in [0.4, 0.5) is 5.69 Å². The number of aryl methyl sites for hydroxylation is 1. The van der Waals surface area contributed by atoms with E-state index in [-0.39, 0.29) is 11.8 Å². The van der Waals surface area contributed by atoms with E-state index in [0.29, 0.717) is 28.3 Å². The summed E-state index contributed by atoms with van der Waals surface area (Å²) in [6, 6.07) is 20.0. The molecule has 0 aromatic heterocycles. The van der Waals surface area contributed by atoms with Gasteiger partial charge in [0.2, 0.25) is 0 Å². The van der Waals surface area contributed by atoms with Crippen LogP contribution in [0.25, 0.3) is 0 Å². The number of benzene rings is 3. The third-order valence-corrected chi connectivity index (χ3v) is 4.62. The average Bonchev–Trinajstić information content (AvgIpc) is 2.90. The molecule has 4 rings (SSSR count). The minimum Gasteiger partial charge on any atom is -0.456 e. The van der Waals surface area contributed by atoms with Gasteiger partial charge in [0.25, 0.3) is 11.8 Å². The van der Waals surface area contributed by atoms with Crippen LogP contribution in [0.5, 0.6) is 11.5 Å². The number of hydrogen-bond acceptors (Lipinski definition) is 3. The summed E-state index contributed by atoms with van der Waals surface area (Å²) in [4.78, 5) is 27.2. The molecule has 0 saturated heterocycles. The number of carbonyl (C=O) groups is 2. The zero-order valence-corrected chi connectivity index (χ0v) is 14.5. The Balaban J connectivity index is 1.87. The SMILES string of the molecule is Cc1cc2c(c(Oc3ccccc3)c1C)C(=O)N(c1ccccc1)C2=O. The Morgan fingerprint density at radius 1 is 0.808 bits per heavy atom. The summed E-state index contributed by atoms with van der Waals surface area (Å²) in [5, 5.41) is 0. The van der Waals surface area contributed by atoms with Crippen molar-refractivity contribution in [3.05, 3.63) is 89.0 Å². The van der Waals surface area contributed by atoms with Crippen LogP contribution in [0, 0.1) is 13.8 Å². The summed E-state index contributed by atoms with van der Waals surface area (Å²) >= 11 is 0. The lowest BCUT2D eigenvalue weighted by molar-refractivity contribution is 0.0925. The van der Waals surface area contributed by atoms with Crippen LogP contribution in [0.2, 0.25) is 0 Å². The first-order chi connectivity index (χ1) is 12.6. The van der Waals surface area contributed by atoms with Crippen LogP contribution in [0.1, 0.15) is 31.8 Å². The van der Waals surface area contributed by atoms with Gasteiger partial charge in [-0.15, -0.1) is 0 Å². The molecule has 2 amide bonds. The van der Waals surface area contributed by atoms with E-state index >= 15 is 0 Å². The molecule has 0 atom stereocenters. The van der Waals surface area contributed by atoms with Crippen LogP contribution in [0.3, 0.4) is 0 Å².